The normalized spacial score (nSPS) is 14.7. The highest BCUT2D eigenvalue weighted by Crippen LogP contribution is 2.26. The van der Waals surface area contributed by atoms with Crippen molar-refractivity contribution >= 4 is 23.3 Å². The first-order chi connectivity index (χ1) is 6.86. The highest BCUT2D eigenvalue weighted by Gasteiger charge is 2.14. The first-order valence-electron chi connectivity index (χ1n) is 5.16. The van der Waals surface area contributed by atoms with Crippen molar-refractivity contribution < 1.29 is 0 Å². The van der Waals surface area contributed by atoms with E-state index in [4.69, 9.17) is 0 Å². The fraction of sp³-hybridized carbons (Fsp3) is 0.333. The number of halogens is 1. The molecule has 0 radical (unpaired) electrons. The van der Waals surface area contributed by atoms with Gasteiger partial charge in [-0.15, -0.1) is 12.4 Å². The van der Waals surface area contributed by atoms with Gasteiger partial charge in [0.05, 0.1) is 0 Å². The van der Waals surface area contributed by atoms with E-state index >= 15 is 0 Å². The van der Waals surface area contributed by atoms with Crippen LogP contribution in [0.1, 0.15) is 16.8 Å². The standard InChI is InChI=1S/C12H14N2.ClH/c1-8-3-2-4-9-10-7-13-6-5-11(10)14-12(8)9;/h2-4,13-14H,5-7H2,1H3;1H. The highest BCUT2D eigenvalue weighted by atomic mass is 35.5. The van der Waals surface area contributed by atoms with Crippen LogP contribution < -0.4 is 5.32 Å². The Morgan fingerprint density at radius 1 is 1.27 bits per heavy atom. The SMILES string of the molecule is Cc1cccc2c3c([nH]c12)CCNC3.Cl. The molecule has 0 fully saturated rings. The molecule has 80 valence electrons. The number of fused-ring (bicyclic) bond motifs is 3. The molecule has 0 bridgehead atoms. The van der Waals surface area contributed by atoms with E-state index < -0.39 is 0 Å². The molecule has 2 N–H and O–H groups in total. The summed E-state index contributed by atoms with van der Waals surface area (Å²) in [5, 5.41) is 4.81. The van der Waals surface area contributed by atoms with Crippen LogP contribution in [0.3, 0.4) is 0 Å². The number of aromatic nitrogens is 1. The fourth-order valence-electron chi connectivity index (χ4n) is 2.32. The van der Waals surface area contributed by atoms with E-state index in [9.17, 15) is 0 Å². The number of H-pyrrole nitrogens is 1. The van der Waals surface area contributed by atoms with Gasteiger partial charge in [-0.3, -0.25) is 0 Å². The fourth-order valence-corrected chi connectivity index (χ4v) is 2.32. The molecule has 0 spiro atoms. The van der Waals surface area contributed by atoms with Crippen molar-refractivity contribution in [1.82, 2.24) is 10.3 Å². The maximum Gasteiger partial charge on any atom is 0.0489 e. The lowest BCUT2D eigenvalue weighted by atomic mass is 10.1. The summed E-state index contributed by atoms with van der Waals surface area (Å²) in [6.45, 7) is 4.27. The maximum absolute atomic E-state index is 3.54. The molecule has 0 saturated heterocycles. The Morgan fingerprint density at radius 3 is 3.00 bits per heavy atom. The van der Waals surface area contributed by atoms with E-state index in [1.54, 1.807) is 0 Å². The van der Waals surface area contributed by atoms with Crippen LogP contribution in [-0.2, 0) is 13.0 Å². The number of nitrogens with one attached hydrogen (secondary N) is 2. The first kappa shape index (κ1) is 10.5. The van der Waals surface area contributed by atoms with Crippen LogP contribution in [0, 0.1) is 6.92 Å². The lowest BCUT2D eigenvalue weighted by Gasteiger charge is -2.12. The predicted molar refractivity (Wildman–Crippen MR) is 65.7 cm³/mol. The molecule has 2 heterocycles. The Morgan fingerprint density at radius 2 is 2.13 bits per heavy atom. The zero-order valence-electron chi connectivity index (χ0n) is 8.76. The third kappa shape index (κ3) is 1.54. The van der Waals surface area contributed by atoms with E-state index in [2.05, 4.69) is 35.4 Å². The van der Waals surface area contributed by atoms with Gasteiger partial charge in [-0.05, 0) is 18.1 Å². The van der Waals surface area contributed by atoms with Crippen molar-refractivity contribution in [3.05, 3.63) is 35.0 Å². The largest absolute Gasteiger partial charge is 0.358 e. The number of hydrogen-bond donors (Lipinski definition) is 2. The van der Waals surface area contributed by atoms with Crippen LogP contribution in [0.5, 0.6) is 0 Å². The minimum absolute atomic E-state index is 0. The molecule has 1 aliphatic rings. The summed E-state index contributed by atoms with van der Waals surface area (Å²) in [5.74, 6) is 0. The average Bonchev–Trinajstić information content (AvgIpc) is 2.59. The van der Waals surface area contributed by atoms with Gasteiger partial charge in [-0.25, -0.2) is 0 Å². The third-order valence-corrected chi connectivity index (χ3v) is 3.09. The zero-order valence-corrected chi connectivity index (χ0v) is 9.58. The second-order valence-electron chi connectivity index (χ2n) is 4.01. The maximum atomic E-state index is 3.54. The molecule has 1 aromatic heterocycles. The van der Waals surface area contributed by atoms with Crippen LogP contribution in [0.25, 0.3) is 10.9 Å². The molecule has 0 aliphatic carbocycles. The Hall–Kier alpha value is -0.990. The van der Waals surface area contributed by atoms with Crippen LogP contribution in [-0.4, -0.2) is 11.5 Å². The first-order valence-corrected chi connectivity index (χ1v) is 5.16. The Kier molecular flexibility index (Phi) is 2.72. The van der Waals surface area contributed by atoms with Gasteiger partial charge < -0.3 is 10.3 Å². The Balaban J connectivity index is 0.000000853. The van der Waals surface area contributed by atoms with E-state index in [0.717, 1.165) is 19.5 Å². The van der Waals surface area contributed by atoms with E-state index in [1.165, 1.54) is 27.7 Å². The monoisotopic (exact) mass is 222 g/mol. The van der Waals surface area contributed by atoms with Gasteiger partial charge >= 0.3 is 0 Å². The van der Waals surface area contributed by atoms with Crippen LogP contribution >= 0.6 is 12.4 Å². The number of rotatable bonds is 0. The summed E-state index contributed by atoms with van der Waals surface area (Å²) >= 11 is 0. The van der Waals surface area contributed by atoms with Crippen LogP contribution in [0.2, 0.25) is 0 Å². The van der Waals surface area contributed by atoms with Gasteiger partial charge in [0, 0.05) is 36.1 Å². The summed E-state index contributed by atoms with van der Waals surface area (Å²) in [7, 11) is 0. The van der Waals surface area contributed by atoms with Crippen molar-refractivity contribution in [2.45, 2.75) is 19.9 Å². The molecule has 2 aromatic rings. The zero-order chi connectivity index (χ0) is 9.54. The number of aryl methyl sites for hydroxylation is 1. The third-order valence-electron chi connectivity index (χ3n) is 3.09. The molecule has 3 heteroatoms. The van der Waals surface area contributed by atoms with Crippen molar-refractivity contribution in [3.8, 4) is 0 Å². The molecule has 15 heavy (non-hydrogen) atoms. The van der Waals surface area contributed by atoms with Gasteiger partial charge in [-0.1, -0.05) is 18.2 Å². The lowest BCUT2D eigenvalue weighted by Crippen LogP contribution is -2.22. The van der Waals surface area contributed by atoms with E-state index in [-0.39, 0.29) is 12.4 Å². The van der Waals surface area contributed by atoms with Crippen molar-refractivity contribution in [1.29, 1.82) is 0 Å². The van der Waals surface area contributed by atoms with Crippen molar-refractivity contribution in [3.63, 3.8) is 0 Å². The number of benzene rings is 1. The van der Waals surface area contributed by atoms with Crippen LogP contribution in [0.4, 0.5) is 0 Å². The molecule has 1 aromatic carbocycles. The molecular weight excluding hydrogens is 208 g/mol. The quantitative estimate of drug-likeness (QED) is 0.705. The number of para-hydroxylation sites is 1. The summed E-state index contributed by atoms with van der Waals surface area (Å²) < 4.78 is 0. The minimum Gasteiger partial charge on any atom is -0.358 e. The van der Waals surface area contributed by atoms with E-state index in [0.29, 0.717) is 0 Å². The molecule has 3 rings (SSSR count). The van der Waals surface area contributed by atoms with Gasteiger partial charge in [0.2, 0.25) is 0 Å². The topological polar surface area (TPSA) is 27.8 Å². The number of aromatic amines is 1. The Labute approximate surface area is 95.5 Å². The summed E-state index contributed by atoms with van der Waals surface area (Å²) in [6.07, 6.45) is 1.13. The average molecular weight is 223 g/mol. The van der Waals surface area contributed by atoms with Gasteiger partial charge in [-0.2, -0.15) is 0 Å². The summed E-state index contributed by atoms with van der Waals surface area (Å²) in [6, 6.07) is 6.52. The lowest BCUT2D eigenvalue weighted by molar-refractivity contribution is 0.641. The van der Waals surface area contributed by atoms with Gasteiger partial charge in [0.25, 0.3) is 0 Å². The van der Waals surface area contributed by atoms with E-state index in [1.807, 2.05) is 0 Å². The molecule has 0 saturated carbocycles. The second-order valence-corrected chi connectivity index (χ2v) is 4.01. The summed E-state index contributed by atoms with van der Waals surface area (Å²) in [5.41, 5.74) is 5.56. The van der Waals surface area contributed by atoms with Gasteiger partial charge in [0.15, 0.2) is 0 Å². The molecule has 0 unspecified atom stereocenters. The second kappa shape index (κ2) is 3.87. The van der Waals surface area contributed by atoms with Crippen molar-refractivity contribution in [2.24, 2.45) is 0 Å². The van der Waals surface area contributed by atoms with Crippen molar-refractivity contribution in [2.75, 3.05) is 6.54 Å². The molecule has 0 atom stereocenters. The molecule has 2 nitrogen and oxygen atoms in total. The molecule has 0 amide bonds. The van der Waals surface area contributed by atoms with Crippen LogP contribution in [0.15, 0.2) is 18.2 Å². The number of hydrogen-bond acceptors (Lipinski definition) is 1. The smallest absolute Gasteiger partial charge is 0.0489 e. The minimum atomic E-state index is 0. The Bertz CT molecular complexity index is 488. The summed E-state index contributed by atoms with van der Waals surface area (Å²) in [4.78, 5) is 3.54. The predicted octanol–water partition coefficient (Wildman–Crippen LogP) is 2.54. The molecular formula is C12H15ClN2. The highest BCUT2D eigenvalue weighted by molar-refractivity contribution is 5.87. The molecule has 1 aliphatic heterocycles. The van der Waals surface area contributed by atoms with Gasteiger partial charge in [0.1, 0.15) is 0 Å².